The molecule has 0 fully saturated rings. The average molecular weight is 319 g/mol. The molecule has 0 aliphatic rings. The molecule has 0 aromatic heterocycles. The van der Waals surface area contributed by atoms with Gasteiger partial charge in [-0.2, -0.15) is 0 Å². The Morgan fingerprint density at radius 2 is 1.70 bits per heavy atom. The number of halogens is 1. The summed E-state index contributed by atoms with van der Waals surface area (Å²) in [4.78, 5) is 0. The van der Waals surface area contributed by atoms with Crippen molar-refractivity contribution in [2.45, 2.75) is 13.0 Å². The van der Waals surface area contributed by atoms with Gasteiger partial charge in [-0.25, -0.2) is 4.39 Å². The summed E-state index contributed by atoms with van der Waals surface area (Å²) in [5.74, 6) is 1.16. The van der Waals surface area contributed by atoms with Crippen LogP contribution in [0.2, 0.25) is 0 Å². The van der Waals surface area contributed by atoms with E-state index >= 15 is 0 Å². The molecule has 0 heterocycles. The summed E-state index contributed by atoms with van der Waals surface area (Å²) in [6.07, 6.45) is 0. The highest BCUT2D eigenvalue weighted by Gasteiger charge is 2.19. The zero-order chi connectivity index (χ0) is 17.0. The second-order valence-electron chi connectivity index (χ2n) is 5.16. The Morgan fingerprint density at radius 3 is 2.22 bits per heavy atom. The molecule has 5 heteroatoms. The van der Waals surface area contributed by atoms with Gasteiger partial charge >= 0.3 is 0 Å². The molecule has 2 aromatic rings. The summed E-state index contributed by atoms with van der Waals surface area (Å²) >= 11 is 0. The number of ether oxygens (including phenoxy) is 3. The maximum absolute atomic E-state index is 14.5. The maximum atomic E-state index is 14.5. The lowest BCUT2D eigenvalue weighted by atomic mass is 9.97. The van der Waals surface area contributed by atoms with Crippen molar-refractivity contribution in [3.63, 3.8) is 0 Å². The van der Waals surface area contributed by atoms with Crippen molar-refractivity contribution in [2.75, 3.05) is 28.4 Å². The van der Waals surface area contributed by atoms with E-state index in [1.165, 1.54) is 13.2 Å². The number of nitrogens with one attached hydrogen (secondary N) is 1. The van der Waals surface area contributed by atoms with Crippen LogP contribution in [0.4, 0.5) is 4.39 Å². The number of hydrogen-bond acceptors (Lipinski definition) is 4. The monoisotopic (exact) mass is 319 g/mol. The van der Waals surface area contributed by atoms with E-state index in [0.717, 1.165) is 5.56 Å². The van der Waals surface area contributed by atoms with Crippen LogP contribution in [-0.2, 0) is 0 Å². The predicted octanol–water partition coefficient (Wildman–Crippen LogP) is 3.80. The molecule has 0 amide bonds. The Morgan fingerprint density at radius 1 is 0.957 bits per heavy atom. The molecule has 0 radical (unpaired) electrons. The minimum Gasteiger partial charge on any atom is -0.497 e. The quantitative estimate of drug-likeness (QED) is 0.879. The van der Waals surface area contributed by atoms with Crippen LogP contribution >= 0.6 is 0 Å². The number of benzene rings is 2. The standard InChI is InChI=1S/C18H22FNO3/c1-11(20-2)12-8-15(18(23-5)17(9-12)22-4)14-7-6-13(21-3)10-16(14)19/h6-11,20H,1-5H3. The molecule has 2 rings (SSSR count). The van der Waals surface area contributed by atoms with Gasteiger partial charge < -0.3 is 19.5 Å². The van der Waals surface area contributed by atoms with Crippen molar-refractivity contribution in [3.8, 4) is 28.4 Å². The zero-order valence-electron chi connectivity index (χ0n) is 14.1. The molecule has 4 nitrogen and oxygen atoms in total. The van der Waals surface area contributed by atoms with Gasteiger partial charge in [-0.05, 0) is 43.8 Å². The Bertz CT molecular complexity index is 688. The van der Waals surface area contributed by atoms with Crippen LogP contribution in [0.5, 0.6) is 17.2 Å². The van der Waals surface area contributed by atoms with Gasteiger partial charge in [0.25, 0.3) is 0 Å². The van der Waals surface area contributed by atoms with Crippen molar-refractivity contribution in [1.82, 2.24) is 5.32 Å². The van der Waals surface area contributed by atoms with E-state index in [1.807, 2.05) is 26.1 Å². The molecule has 1 N–H and O–H groups in total. The average Bonchev–Trinajstić information content (AvgIpc) is 2.59. The summed E-state index contributed by atoms with van der Waals surface area (Å²) in [6, 6.07) is 8.65. The maximum Gasteiger partial charge on any atom is 0.168 e. The van der Waals surface area contributed by atoms with Crippen LogP contribution < -0.4 is 19.5 Å². The number of rotatable bonds is 6. The van der Waals surface area contributed by atoms with Crippen LogP contribution in [0.25, 0.3) is 11.1 Å². The van der Waals surface area contributed by atoms with Crippen molar-refractivity contribution in [3.05, 3.63) is 41.7 Å². The summed E-state index contributed by atoms with van der Waals surface area (Å²) in [5.41, 5.74) is 2.06. The van der Waals surface area contributed by atoms with E-state index < -0.39 is 0 Å². The third kappa shape index (κ3) is 3.40. The van der Waals surface area contributed by atoms with Crippen LogP contribution in [-0.4, -0.2) is 28.4 Å². The second-order valence-corrected chi connectivity index (χ2v) is 5.16. The van der Waals surface area contributed by atoms with Gasteiger partial charge in [-0.15, -0.1) is 0 Å². The molecular formula is C18H22FNO3. The van der Waals surface area contributed by atoms with Crippen LogP contribution in [0.3, 0.4) is 0 Å². The largest absolute Gasteiger partial charge is 0.497 e. The van der Waals surface area contributed by atoms with Gasteiger partial charge in [0.05, 0.1) is 21.3 Å². The third-order valence-electron chi connectivity index (χ3n) is 3.90. The molecule has 124 valence electrons. The fraction of sp³-hybridized carbons (Fsp3) is 0.333. The Kier molecular flexibility index (Phi) is 5.45. The van der Waals surface area contributed by atoms with Crippen LogP contribution in [0.1, 0.15) is 18.5 Å². The van der Waals surface area contributed by atoms with E-state index in [-0.39, 0.29) is 11.9 Å². The lowest BCUT2D eigenvalue weighted by Gasteiger charge is -2.19. The predicted molar refractivity (Wildman–Crippen MR) is 89.0 cm³/mol. The van der Waals surface area contributed by atoms with Gasteiger partial charge in [0.15, 0.2) is 11.5 Å². The van der Waals surface area contributed by atoms with Crippen molar-refractivity contribution < 1.29 is 18.6 Å². The Labute approximate surface area is 136 Å². The molecule has 0 aliphatic carbocycles. The van der Waals surface area contributed by atoms with Gasteiger partial charge in [-0.3, -0.25) is 0 Å². The Balaban J connectivity index is 2.68. The molecule has 0 spiro atoms. The van der Waals surface area contributed by atoms with Gasteiger partial charge in [0, 0.05) is 23.2 Å². The molecule has 1 atom stereocenters. The SMILES string of the molecule is CNC(C)c1cc(OC)c(OC)c(-c2ccc(OC)cc2F)c1. The number of hydrogen-bond donors (Lipinski definition) is 1. The van der Waals surface area contributed by atoms with E-state index in [4.69, 9.17) is 14.2 Å². The summed E-state index contributed by atoms with van der Waals surface area (Å²) in [5, 5.41) is 3.17. The first-order valence-corrected chi connectivity index (χ1v) is 7.32. The van der Waals surface area contributed by atoms with Crippen LogP contribution in [0.15, 0.2) is 30.3 Å². The third-order valence-corrected chi connectivity index (χ3v) is 3.90. The van der Waals surface area contributed by atoms with Gasteiger partial charge in [-0.1, -0.05) is 0 Å². The first-order valence-electron chi connectivity index (χ1n) is 7.32. The zero-order valence-corrected chi connectivity index (χ0v) is 14.1. The lowest BCUT2D eigenvalue weighted by Crippen LogP contribution is -2.12. The van der Waals surface area contributed by atoms with E-state index in [2.05, 4.69) is 5.32 Å². The normalized spacial score (nSPS) is 11.9. The van der Waals surface area contributed by atoms with Crippen molar-refractivity contribution in [1.29, 1.82) is 0 Å². The molecule has 0 saturated heterocycles. The fourth-order valence-corrected chi connectivity index (χ4v) is 2.44. The topological polar surface area (TPSA) is 39.7 Å². The van der Waals surface area contributed by atoms with Crippen molar-refractivity contribution in [2.24, 2.45) is 0 Å². The van der Waals surface area contributed by atoms with Gasteiger partial charge in [0.1, 0.15) is 11.6 Å². The highest BCUT2D eigenvalue weighted by molar-refractivity contribution is 5.76. The first kappa shape index (κ1) is 17.1. The summed E-state index contributed by atoms with van der Waals surface area (Å²) < 4.78 is 30.4. The van der Waals surface area contributed by atoms with E-state index in [9.17, 15) is 4.39 Å². The van der Waals surface area contributed by atoms with Crippen LogP contribution in [0, 0.1) is 5.82 Å². The van der Waals surface area contributed by atoms with Gasteiger partial charge in [0.2, 0.25) is 0 Å². The highest BCUT2D eigenvalue weighted by Crippen LogP contribution is 2.41. The first-order chi connectivity index (χ1) is 11.0. The molecule has 0 saturated carbocycles. The molecule has 23 heavy (non-hydrogen) atoms. The Hall–Kier alpha value is -2.27. The molecule has 1 unspecified atom stereocenters. The second kappa shape index (κ2) is 7.33. The summed E-state index contributed by atoms with van der Waals surface area (Å²) in [6.45, 7) is 2.02. The van der Waals surface area contributed by atoms with E-state index in [1.54, 1.807) is 26.4 Å². The van der Waals surface area contributed by atoms with Crippen molar-refractivity contribution >= 4 is 0 Å². The highest BCUT2D eigenvalue weighted by atomic mass is 19.1. The van der Waals surface area contributed by atoms with E-state index in [0.29, 0.717) is 28.4 Å². The minimum absolute atomic E-state index is 0.0925. The number of methoxy groups -OCH3 is 3. The molecular weight excluding hydrogens is 297 g/mol. The molecule has 2 aromatic carbocycles. The fourth-order valence-electron chi connectivity index (χ4n) is 2.44. The lowest BCUT2D eigenvalue weighted by molar-refractivity contribution is 0.355. The summed E-state index contributed by atoms with van der Waals surface area (Å²) in [7, 11) is 6.49. The smallest absolute Gasteiger partial charge is 0.168 e. The minimum atomic E-state index is -0.376. The molecule has 0 aliphatic heterocycles. The molecule has 0 bridgehead atoms.